The first-order valence-electron chi connectivity index (χ1n) is 4.83. The van der Waals surface area contributed by atoms with E-state index in [1.165, 1.54) is 12.1 Å². The maximum Gasteiger partial charge on any atom is 0.422 e. The van der Waals surface area contributed by atoms with Crippen molar-refractivity contribution in [1.82, 2.24) is 5.16 Å². The van der Waals surface area contributed by atoms with Gasteiger partial charge >= 0.3 is 6.18 Å². The van der Waals surface area contributed by atoms with E-state index in [9.17, 15) is 13.2 Å². The maximum atomic E-state index is 12.9. The lowest BCUT2D eigenvalue weighted by Crippen LogP contribution is -2.08. The van der Waals surface area contributed by atoms with Crippen molar-refractivity contribution in [2.75, 3.05) is 0 Å². The summed E-state index contributed by atoms with van der Waals surface area (Å²) in [6.45, 7) is 0. The third-order valence-corrected chi connectivity index (χ3v) is 2.22. The number of hydrogen-bond donors (Lipinski definition) is 1. The van der Waals surface area contributed by atoms with E-state index >= 15 is 0 Å². The molecular weight excluding hydrogens is 249 g/mol. The zero-order chi connectivity index (χ0) is 13.2. The van der Waals surface area contributed by atoms with Crippen LogP contribution < -0.4 is 0 Å². The number of oxime groups is 1. The van der Waals surface area contributed by atoms with Crippen molar-refractivity contribution < 1.29 is 22.9 Å². The summed E-state index contributed by atoms with van der Waals surface area (Å²) in [5.41, 5.74) is -1.38. The van der Waals surface area contributed by atoms with E-state index < -0.39 is 23.2 Å². The number of halogens is 3. The van der Waals surface area contributed by atoms with E-state index in [0.717, 1.165) is 0 Å². The van der Waals surface area contributed by atoms with Crippen LogP contribution in [0.3, 0.4) is 0 Å². The number of rotatable bonds is 2. The monoisotopic (exact) mass is 256 g/mol. The Bertz CT molecular complexity index is 561. The van der Waals surface area contributed by atoms with Gasteiger partial charge in [0.05, 0.1) is 6.21 Å². The fourth-order valence-electron chi connectivity index (χ4n) is 1.51. The summed E-state index contributed by atoms with van der Waals surface area (Å²) in [5.74, 6) is -0.405. The van der Waals surface area contributed by atoms with Crippen LogP contribution in [0.25, 0.3) is 11.3 Å². The first-order valence-corrected chi connectivity index (χ1v) is 4.83. The number of hydrogen-bond acceptors (Lipinski definition) is 4. The highest BCUT2D eigenvalue weighted by molar-refractivity contribution is 5.82. The second-order valence-corrected chi connectivity index (χ2v) is 3.38. The smallest absolute Gasteiger partial charge is 0.411 e. The standard InChI is InChI=1S/C11H7F3N2O2/c12-11(13,14)9-8(6-15-17)16-18-10(9)7-4-2-1-3-5-7/h1-6,17H/b15-6-. The van der Waals surface area contributed by atoms with Crippen LogP contribution in [0.5, 0.6) is 0 Å². The second-order valence-electron chi connectivity index (χ2n) is 3.38. The molecule has 7 heteroatoms. The highest BCUT2D eigenvalue weighted by atomic mass is 19.4. The minimum absolute atomic E-state index is 0.245. The second kappa shape index (κ2) is 4.52. The molecule has 0 amide bonds. The molecule has 0 saturated carbocycles. The average Bonchev–Trinajstić information content (AvgIpc) is 2.74. The van der Waals surface area contributed by atoms with E-state index in [0.29, 0.717) is 6.21 Å². The number of aromatic nitrogens is 1. The molecule has 0 radical (unpaired) electrons. The van der Waals surface area contributed by atoms with E-state index in [4.69, 9.17) is 5.21 Å². The van der Waals surface area contributed by atoms with Crippen molar-refractivity contribution in [1.29, 1.82) is 0 Å². The van der Waals surface area contributed by atoms with Gasteiger partial charge in [-0.25, -0.2) is 0 Å². The molecule has 0 aliphatic carbocycles. The third kappa shape index (κ3) is 2.20. The van der Waals surface area contributed by atoms with Crippen LogP contribution in [-0.4, -0.2) is 16.6 Å². The SMILES string of the molecule is O/N=C\c1noc(-c2ccccc2)c1C(F)(F)F. The number of benzene rings is 1. The Hall–Kier alpha value is -2.31. The van der Waals surface area contributed by atoms with Gasteiger partial charge in [0.15, 0.2) is 5.76 Å². The third-order valence-electron chi connectivity index (χ3n) is 2.22. The topological polar surface area (TPSA) is 58.6 Å². The summed E-state index contributed by atoms with van der Waals surface area (Å²) in [4.78, 5) is 0. The minimum atomic E-state index is -4.65. The molecule has 1 heterocycles. The van der Waals surface area contributed by atoms with Crippen molar-refractivity contribution in [3.63, 3.8) is 0 Å². The highest BCUT2D eigenvalue weighted by Gasteiger charge is 2.40. The predicted octanol–water partition coefficient (Wildman–Crippen LogP) is 3.17. The summed E-state index contributed by atoms with van der Waals surface area (Å²) in [6, 6.07) is 7.77. The Kier molecular flexibility index (Phi) is 3.05. The van der Waals surface area contributed by atoms with Crippen LogP contribution >= 0.6 is 0 Å². The lowest BCUT2D eigenvalue weighted by atomic mass is 10.1. The Morgan fingerprint density at radius 2 is 1.89 bits per heavy atom. The summed E-state index contributed by atoms with van der Waals surface area (Å²) in [7, 11) is 0. The van der Waals surface area contributed by atoms with Crippen molar-refractivity contribution in [3.05, 3.63) is 41.6 Å². The van der Waals surface area contributed by atoms with E-state index in [-0.39, 0.29) is 5.56 Å². The molecule has 0 unspecified atom stereocenters. The Labute approximate surface area is 99.3 Å². The lowest BCUT2D eigenvalue weighted by Gasteiger charge is -2.06. The molecule has 0 spiro atoms. The van der Waals surface area contributed by atoms with Crippen LogP contribution in [0.4, 0.5) is 13.2 Å². The Morgan fingerprint density at radius 1 is 1.22 bits per heavy atom. The van der Waals surface area contributed by atoms with Gasteiger partial charge in [0.25, 0.3) is 0 Å². The van der Waals surface area contributed by atoms with Crippen LogP contribution in [0, 0.1) is 0 Å². The predicted molar refractivity (Wildman–Crippen MR) is 56.3 cm³/mol. The summed E-state index contributed by atoms with van der Waals surface area (Å²) in [6.07, 6.45) is -4.07. The van der Waals surface area contributed by atoms with E-state index in [2.05, 4.69) is 14.8 Å². The minimum Gasteiger partial charge on any atom is -0.411 e. The van der Waals surface area contributed by atoms with Gasteiger partial charge < -0.3 is 9.73 Å². The Balaban J connectivity index is 2.63. The molecule has 1 aromatic heterocycles. The van der Waals surface area contributed by atoms with Gasteiger partial charge in [-0.1, -0.05) is 40.6 Å². The van der Waals surface area contributed by atoms with Crippen molar-refractivity contribution in [2.24, 2.45) is 5.16 Å². The zero-order valence-electron chi connectivity index (χ0n) is 8.85. The molecule has 0 saturated heterocycles. The quantitative estimate of drug-likeness (QED) is 0.510. The summed E-state index contributed by atoms with van der Waals surface area (Å²) >= 11 is 0. The van der Waals surface area contributed by atoms with E-state index in [1.807, 2.05) is 0 Å². The molecule has 0 aliphatic rings. The molecule has 18 heavy (non-hydrogen) atoms. The highest BCUT2D eigenvalue weighted by Crippen LogP contribution is 2.38. The van der Waals surface area contributed by atoms with Crippen molar-refractivity contribution in [2.45, 2.75) is 6.18 Å². The molecule has 0 aliphatic heterocycles. The Morgan fingerprint density at radius 3 is 2.44 bits per heavy atom. The normalized spacial score (nSPS) is 12.2. The van der Waals surface area contributed by atoms with Gasteiger partial charge in [0.1, 0.15) is 11.3 Å². The van der Waals surface area contributed by atoms with Gasteiger partial charge in [0, 0.05) is 5.56 Å². The van der Waals surface area contributed by atoms with Crippen LogP contribution in [-0.2, 0) is 6.18 Å². The van der Waals surface area contributed by atoms with Crippen molar-refractivity contribution >= 4 is 6.21 Å². The van der Waals surface area contributed by atoms with Gasteiger partial charge in [0.2, 0.25) is 0 Å². The number of nitrogens with zero attached hydrogens (tertiary/aromatic N) is 2. The fourth-order valence-corrected chi connectivity index (χ4v) is 1.51. The molecular formula is C11H7F3N2O2. The van der Waals surface area contributed by atoms with Gasteiger partial charge in [-0.3, -0.25) is 0 Å². The fraction of sp³-hybridized carbons (Fsp3) is 0.0909. The molecule has 1 N–H and O–H groups in total. The average molecular weight is 256 g/mol. The molecule has 0 bridgehead atoms. The summed E-state index contributed by atoms with van der Waals surface area (Å²) < 4.78 is 43.4. The zero-order valence-corrected chi connectivity index (χ0v) is 8.85. The number of alkyl halides is 3. The summed E-state index contributed by atoms with van der Waals surface area (Å²) in [5, 5.41) is 14.1. The van der Waals surface area contributed by atoms with E-state index in [1.54, 1.807) is 18.2 Å². The molecule has 2 rings (SSSR count). The molecule has 0 atom stereocenters. The van der Waals surface area contributed by atoms with Crippen LogP contribution in [0.1, 0.15) is 11.3 Å². The molecule has 1 aromatic carbocycles. The maximum absolute atomic E-state index is 12.9. The molecule has 94 valence electrons. The largest absolute Gasteiger partial charge is 0.422 e. The van der Waals surface area contributed by atoms with Gasteiger partial charge in [-0.2, -0.15) is 13.2 Å². The molecule has 4 nitrogen and oxygen atoms in total. The molecule has 2 aromatic rings. The van der Waals surface area contributed by atoms with Gasteiger partial charge in [-0.15, -0.1) is 0 Å². The van der Waals surface area contributed by atoms with Crippen LogP contribution in [0.15, 0.2) is 40.0 Å². The lowest BCUT2D eigenvalue weighted by molar-refractivity contribution is -0.137. The van der Waals surface area contributed by atoms with Gasteiger partial charge in [-0.05, 0) is 0 Å². The first kappa shape index (κ1) is 12.2. The first-order chi connectivity index (χ1) is 8.54. The molecule has 0 fully saturated rings. The van der Waals surface area contributed by atoms with Crippen LogP contribution in [0.2, 0.25) is 0 Å². The van der Waals surface area contributed by atoms with Crippen molar-refractivity contribution in [3.8, 4) is 11.3 Å².